The Morgan fingerprint density at radius 1 is 1.11 bits per heavy atom. The third-order valence-electron chi connectivity index (χ3n) is 4.36. The molecule has 2 amide bonds. The summed E-state index contributed by atoms with van der Waals surface area (Å²) in [7, 11) is 4.70. The molecule has 28 heavy (non-hydrogen) atoms. The van der Waals surface area contributed by atoms with Gasteiger partial charge in [0, 0.05) is 20.7 Å². The van der Waals surface area contributed by atoms with Gasteiger partial charge in [-0.25, -0.2) is 0 Å². The predicted molar refractivity (Wildman–Crippen MR) is 109 cm³/mol. The SMILES string of the molecule is COCC(N)C(=O)N(C)c1ccccc1C(=O)NCCc1ccc(OC)cc1. The maximum absolute atomic E-state index is 12.7. The van der Waals surface area contributed by atoms with Crippen molar-refractivity contribution < 1.29 is 19.1 Å². The Balaban J connectivity index is 2.02. The third-order valence-corrected chi connectivity index (χ3v) is 4.36. The first-order chi connectivity index (χ1) is 13.5. The number of nitrogens with zero attached hydrogens (tertiary/aromatic N) is 1. The van der Waals surface area contributed by atoms with Crippen LogP contribution in [0.3, 0.4) is 0 Å². The van der Waals surface area contributed by atoms with E-state index in [0.717, 1.165) is 11.3 Å². The summed E-state index contributed by atoms with van der Waals surface area (Å²) in [6.45, 7) is 0.583. The Morgan fingerprint density at radius 3 is 2.43 bits per heavy atom. The number of nitrogens with one attached hydrogen (secondary N) is 1. The summed E-state index contributed by atoms with van der Waals surface area (Å²) in [6.07, 6.45) is 0.686. The normalized spacial score (nSPS) is 11.6. The zero-order valence-corrected chi connectivity index (χ0v) is 16.5. The van der Waals surface area contributed by atoms with Gasteiger partial charge in [-0.05, 0) is 36.2 Å². The molecule has 2 aromatic rings. The van der Waals surface area contributed by atoms with Gasteiger partial charge in [-0.1, -0.05) is 24.3 Å². The Labute approximate surface area is 165 Å². The number of rotatable bonds is 9. The Morgan fingerprint density at radius 2 is 1.79 bits per heavy atom. The first-order valence-corrected chi connectivity index (χ1v) is 9.00. The molecule has 0 saturated carbocycles. The van der Waals surface area contributed by atoms with Gasteiger partial charge in [0.25, 0.3) is 5.91 Å². The highest BCUT2D eigenvalue weighted by atomic mass is 16.5. The van der Waals surface area contributed by atoms with Crippen LogP contribution in [0.1, 0.15) is 15.9 Å². The van der Waals surface area contributed by atoms with E-state index in [2.05, 4.69) is 5.32 Å². The zero-order valence-electron chi connectivity index (χ0n) is 16.5. The van der Waals surface area contributed by atoms with Crippen LogP contribution >= 0.6 is 0 Å². The lowest BCUT2D eigenvalue weighted by Gasteiger charge is -2.23. The predicted octanol–water partition coefficient (Wildman–Crippen LogP) is 1.60. The van der Waals surface area contributed by atoms with Gasteiger partial charge in [0.2, 0.25) is 5.91 Å². The summed E-state index contributed by atoms with van der Waals surface area (Å²) in [4.78, 5) is 26.5. The van der Waals surface area contributed by atoms with Gasteiger partial charge in [0.1, 0.15) is 11.8 Å². The largest absolute Gasteiger partial charge is 0.497 e. The van der Waals surface area contributed by atoms with Crippen molar-refractivity contribution in [2.24, 2.45) is 5.73 Å². The molecule has 1 atom stereocenters. The van der Waals surface area contributed by atoms with Crippen LogP contribution in [0.25, 0.3) is 0 Å². The number of benzene rings is 2. The quantitative estimate of drug-likeness (QED) is 0.684. The van der Waals surface area contributed by atoms with E-state index in [1.54, 1.807) is 38.4 Å². The van der Waals surface area contributed by atoms with Crippen molar-refractivity contribution in [2.75, 3.05) is 39.3 Å². The fraction of sp³-hybridized carbons (Fsp3) is 0.333. The van der Waals surface area contributed by atoms with Crippen LogP contribution in [0.5, 0.6) is 5.75 Å². The van der Waals surface area contributed by atoms with Gasteiger partial charge >= 0.3 is 0 Å². The average Bonchev–Trinajstić information content (AvgIpc) is 2.73. The second kappa shape index (κ2) is 10.4. The van der Waals surface area contributed by atoms with Crippen molar-refractivity contribution in [2.45, 2.75) is 12.5 Å². The minimum Gasteiger partial charge on any atom is -0.497 e. The van der Waals surface area contributed by atoms with E-state index >= 15 is 0 Å². The molecule has 0 aliphatic carbocycles. The maximum atomic E-state index is 12.7. The lowest BCUT2D eigenvalue weighted by atomic mass is 10.1. The van der Waals surface area contributed by atoms with Crippen LogP contribution in [0.15, 0.2) is 48.5 Å². The molecule has 0 fully saturated rings. The van der Waals surface area contributed by atoms with Crippen molar-refractivity contribution in [3.8, 4) is 5.75 Å². The molecule has 0 aliphatic heterocycles. The number of methoxy groups -OCH3 is 2. The average molecular weight is 385 g/mol. The van der Waals surface area contributed by atoms with Crippen molar-refractivity contribution in [1.29, 1.82) is 0 Å². The van der Waals surface area contributed by atoms with Gasteiger partial charge in [0.05, 0.1) is 25.0 Å². The van der Waals surface area contributed by atoms with Crippen LogP contribution in [-0.4, -0.2) is 52.3 Å². The van der Waals surface area contributed by atoms with Gasteiger partial charge in [-0.3, -0.25) is 9.59 Å². The van der Waals surface area contributed by atoms with E-state index in [0.29, 0.717) is 24.2 Å². The third kappa shape index (κ3) is 5.55. The van der Waals surface area contributed by atoms with Gasteiger partial charge in [0.15, 0.2) is 0 Å². The highest BCUT2D eigenvalue weighted by Gasteiger charge is 2.22. The number of anilines is 1. The molecule has 0 spiro atoms. The van der Waals surface area contributed by atoms with E-state index in [1.165, 1.54) is 12.0 Å². The number of nitrogens with two attached hydrogens (primary N) is 1. The highest BCUT2D eigenvalue weighted by Crippen LogP contribution is 2.20. The fourth-order valence-electron chi connectivity index (χ4n) is 2.78. The van der Waals surface area contributed by atoms with Crippen molar-refractivity contribution >= 4 is 17.5 Å². The summed E-state index contributed by atoms with van der Waals surface area (Å²) in [5, 5.41) is 2.90. The second-order valence-corrected chi connectivity index (χ2v) is 6.33. The lowest BCUT2D eigenvalue weighted by molar-refractivity contribution is -0.120. The first kappa shape index (κ1) is 21.4. The molecule has 7 heteroatoms. The number of amides is 2. The molecule has 150 valence electrons. The van der Waals surface area contributed by atoms with E-state index in [1.807, 2.05) is 24.3 Å². The second-order valence-electron chi connectivity index (χ2n) is 6.33. The fourth-order valence-corrected chi connectivity index (χ4v) is 2.78. The number of para-hydroxylation sites is 1. The molecular weight excluding hydrogens is 358 g/mol. The van der Waals surface area contributed by atoms with Crippen molar-refractivity contribution in [3.63, 3.8) is 0 Å². The van der Waals surface area contributed by atoms with E-state index in [9.17, 15) is 9.59 Å². The molecule has 0 saturated heterocycles. The Kier molecular flexibility index (Phi) is 7.98. The zero-order chi connectivity index (χ0) is 20.5. The van der Waals surface area contributed by atoms with Crippen LogP contribution in [-0.2, 0) is 16.0 Å². The minimum absolute atomic E-state index is 0.111. The highest BCUT2D eigenvalue weighted by molar-refractivity contribution is 6.05. The minimum atomic E-state index is -0.791. The number of carbonyl (C=O) groups excluding carboxylic acids is 2. The first-order valence-electron chi connectivity index (χ1n) is 9.00. The number of ether oxygens (including phenoxy) is 2. The topological polar surface area (TPSA) is 93.9 Å². The Bertz CT molecular complexity index is 792. The number of hydrogen-bond acceptors (Lipinski definition) is 5. The maximum Gasteiger partial charge on any atom is 0.253 e. The van der Waals surface area contributed by atoms with E-state index < -0.39 is 6.04 Å². The molecule has 0 bridgehead atoms. The van der Waals surface area contributed by atoms with Gasteiger partial charge in [-0.15, -0.1) is 0 Å². The molecule has 2 rings (SSSR count). The van der Waals surface area contributed by atoms with Crippen LogP contribution in [0, 0.1) is 0 Å². The monoisotopic (exact) mass is 385 g/mol. The summed E-state index contributed by atoms with van der Waals surface area (Å²) >= 11 is 0. The van der Waals surface area contributed by atoms with Crippen LogP contribution in [0.2, 0.25) is 0 Å². The number of hydrogen-bond donors (Lipinski definition) is 2. The molecule has 3 N–H and O–H groups in total. The molecule has 0 radical (unpaired) electrons. The van der Waals surface area contributed by atoms with Crippen molar-refractivity contribution in [3.05, 3.63) is 59.7 Å². The summed E-state index contributed by atoms with van der Waals surface area (Å²) in [5.74, 6) is 0.227. The standard InChI is InChI=1S/C21H27N3O4/c1-24(21(26)18(22)14-27-2)19-7-5-4-6-17(19)20(25)23-13-12-15-8-10-16(28-3)11-9-15/h4-11,18H,12-14,22H2,1-3H3,(H,23,25). The van der Waals surface area contributed by atoms with Crippen LogP contribution < -0.4 is 20.7 Å². The van der Waals surface area contributed by atoms with E-state index in [4.69, 9.17) is 15.2 Å². The summed E-state index contributed by atoms with van der Waals surface area (Å²) in [5.41, 5.74) is 7.84. The number of likely N-dealkylation sites (N-methyl/N-ethyl adjacent to an activating group) is 1. The molecule has 7 nitrogen and oxygen atoms in total. The van der Waals surface area contributed by atoms with Crippen molar-refractivity contribution in [1.82, 2.24) is 5.32 Å². The molecule has 0 heterocycles. The van der Waals surface area contributed by atoms with Crippen LogP contribution in [0.4, 0.5) is 5.69 Å². The molecular formula is C21H27N3O4. The molecule has 0 aromatic heterocycles. The lowest BCUT2D eigenvalue weighted by Crippen LogP contribution is -2.45. The van der Waals surface area contributed by atoms with E-state index in [-0.39, 0.29) is 18.4 Å². The van der Waals surface area contributed by atoms with Gasteiger partial charge < -0.3 is 25.4 Å². The molecule has 2 aromatic carbocycles. The number of carbonyl (C=O) groups is 2. The molecule has 0 aliphatic rings. The summed E-state index contributed by atoms with van der Waals surface area (Å²) < 4.78 is 10.1. The molecule has 1 unspecified atom stereocenters. The Hall–Kier alpha value is -2.90. The smallest absolute Gasteiger partial charge is 0.253 e. The summed E-state index contributed by atoms with van der Waals surface area (Å²) in [6, 6.07) is 13.8. The van der Waals surface area contributed by atoms with Gasteiger partial charge in [-0.2, -0.15) is 0 Å².